The summed E-state index contributed by atoms with van der Waals surface area (Å²) < 4.78 is 19.0. The summed E-state index contributed by atoms with van der Waals surface area (Å²) in [6.45, 7) is 3.78. The second kappa shape index (κ2) is 5.32. The van der Waals surface area contributed by atoms with Crippen LogP contribution in [0.25, 0.3) is 0 Å². The van der Waals surface area contributed by atoms with Gasteiger partial charge in [0, 0.05) is 11.6 Å². The van der Waals surface area contributed by atoms with Crippen LogP contribution in [-0.2, 0) is 5.60 Å². The molecule has 0 amide bonds. The summed E-state index contributed by atoms with van der Waals surface area (Å²) in [5.74, 6) is -0.131. The lowest BCUT2D eigenvalue weighted by molar-refractivity contribution is 0.0925. The fourth-order valence-electron chi connectivity index (χ4n) is 1.83. The zero-order valence-electron chi connectivity index (χ0n) is 10.8. The first kappa shape index (κ1) is 13.4. The molecule has 0 fully saturated rings. The molecule has 5 heteroatoms. The van der Waals surface area contributed by atoms with E-state index in [1.807, 2.05) is 6.92 Å². The van der Waals surface area contributed by atoms with Crippen molar-refractivity contribution in [2.75, 3.05) is 6.61 Å². The lowest BCUT2D eigenvalue weighted by Gasteiger charge is -2.23. The first-order valence-corrected chi connectivity index (χ1v) is 5.98. The smallest absolute Gasteiger partial charge is 0.216 e. The van der Waals surface area contributed by atoms with Gasteiger partial charge in [0.05, 0.1) is 12.3 Å². The summed E-state index contributed by atoms with van der Waals surface area (Å²) in [4.78, 5) is 7.92. The van der Waals surface area contributed by atoms with Gasteiger partial charge in [0.25, 0.3) is 0 Å². The Balaban J connectivity index is 2.44. The highest BCUT2D eigenvalue weighted by atomic mass is 19.1. The van der Waals surface area contributed by atoms with Gasteiger partial charge in [0.15, 0.2) is 0 Å². The summed E-state index contributed by atoms with van der Waals surface area (Å²) in [6.07, 6.45) is 1.29. The summed E-state index contributed by atoms with van der Waals surface area (Å²) in [5.41, 5.74) is -1.09. The van der Waals surface area contributed by atoms with Crippen LogP contribution in [0.5, 0.6) is 5.88 Å². The second-order valence-corrected chi connectivity index (χ2v) is 4.23. The van der Waals surface area contributed by atoms with Crippen molar-refractivity contribution in [2.45, 2.75) is 19.4 Å². The van der Waals surface area contributed by atoms with Crippen LogP contribution < -0.4 is 4.74 Å². The third kappa shape index (κ3) is 2.71. The van der Waals surface area contributed by atoms with Crippen LogP contribution in [0.1, 0.15) is 25.1 Å². The first-order valence-electron chi connectivity index (χ1n) is 5.98. The van der Waals surface area contributed by atoms with E-state index in [9.17, 15) is 9.50 Å². The van der Waals surface area contributed by atoms with Crippen molar-refractivity contribution in [2.24, 2.45) is 0 Å². The number of hydrogen-bond acceptors (Lipinski definition) is 4. The largest absolute Gasteiger partial charge is 0.478 e. The zero-order chi connectivity index (χ0) is 13.9. The molecule has 1 heterocycles. The monoisotopic (exact) mass is 262 g/mol. The molecule has 4 nitrogen and oxygen atoms in total. The van der Waals surface area contributed by atoms with Crippen LogP contribution in [0.4, 0.5) is 4.39 Å². The summed E-state index contributed by atoms with van der Waals surface area (Å²) >= 11 is 0. The van der Waals surface area contributed by atoms with Gasteiger partial charge in [0.1, 0.15) is 17.7 Å². The second-order valence-electron chi connectivity index (χ2n) is 4.23. The fourth-order valence-corrected chi connectivity index (χ4v) is 1.83. The quantitative estimate of drug-likeness (QED) is 0.918. The lowest BCUT2D eigenvalue weighted by atomic mass is 9.92. The predicted molar refractivity (Wildman–Crippen MR) is 68.3 cm³/mol. The minimum atomic E-state index is -1.54. The van der Waals surface area contributed by atoms with E-state index in [1.54, 1.807) is 12.1 Å². The van der Waals surface area contributed by atoms with Crippen molar-refractivity contribution in [3.8, 4) is 5.88 Å². The van der Waals surface area contributed by atoms with Crippen molar-refractivity contribution in [1.29, 1.82) is 0 Å². The highest BCUT2D eigenvalue weighted by Crippen LogP contribution is 2.30. The fraction of sp³-hybridized carbons (Fsp3) is 0.286. The van der Waals surface area contributed by atoms with Crippen molar-refractivity contribution >= 4 is 0 Å². The Labute approximate surface area is 110 Å². The number of aliphatic hydroxyl groups is 1. The molecule has 0 aliphatic carbocycles. The van der Waals surface area contributed by atoms with Gasteiger partial charge in [0.2, 0.25) is 5.88 Å². The molecular weight excluding hydrogens is 247 g/mol. The number of nitrogens with zero attached hydrogens (tertiary/aromatic N) is 2. The third-order valence-electron chi connectivity index (χ3n) is 2.83. The van der Waals surface area contributed by atoms with Gasteiger partial charge in [-0.2, -0.15) is 0 Å². The molecule has 0 bridgehead atoms. The van der Waals surface area contributed by atoms with Gasteiger partial charge in [-0.3, -0.25) is 0 Å². The Kier molecular flexibility index (Phi) is 3.76. The average molecular weight is 262 g/mol. The molecule has 0 saturated heterocycles. The Morgan fingerprint density at radius 1 is 1.32 bits per heavy atom. The Hall–Kier alpha value is -2.01. The summed E-state index contributed by atoms with van der Waals surface area (Å²) in [7, 11) is 0. The Bertz CT molecular complexity index is 573. The van der Waals surface area contributed by atoms with E-state index in [-0.39, 0.29) is 11.3 Å². The average Bonchev–Trinajstić information content (AvgIpc) is 2.40. The zero-order valence-corrected chi connectivity index (χ0v) is 10.8. The maximum absolute atomic E-state index is 13.8. The molecule has 0 aliphatic rings. The van der Waals surface area contributed by atoms with Crippen LogP contribution in [-0.4, -0.2) is 21.7 Å². The van der Waals surface area contributed by atoms with Crippen LogP contribution in [0.2, 0.25) is 0 Å². The molecule has 0 saturated carbocycles. The SMILES string of the molecule is CCOc1cc(C(C)(O)c2ccccc2F)ncn1. The normalized spacial score (nSPS) is 13.9. The van der Waals surface area contributed by atoms with Gasteiger partial charge in [-0.25, -0.2) is 14.4 Å². The molecule has 2 aromatic rings. The van der Waals surface area contributed by atoms with Gasteiger partial charge in [-0.1, -0.05) is 18.2 Å². The predicted octanol–water partition coefficient (Wildman–Crippen LogP) is 2.27. The summed E-state index contributed by atoms with van der Waals surface area (Å²) in [6, 6.07) is 7.57. The van der Waals surface area contributed by atoms with E-state index >= 15 is 0 Å². The standard InChI is InChI=1S/C14H15FN2O2/c1-3-19-13-8-12(16-9-17-13)14(2,18)10-6-4-5-7-11(10)15/h4-9,18H,3H2,1-2H3. The molecule has 1 aromatic heterocycles. The highest BCUT2D eigenvalue weighted by molar-refractivity contribution is 5.33. The maximum atomic E-state index is 13.8. The number of hydrogen-bond donors (Lipinski definition) is 1. The minimum absolute atomic E-state index is 0.163. The topological polar surface area (TPSA) is 55.2 Å². The minimum Gasteiger partial charge on any atom is -0.478 e. The molecule has 0 spiro atoms. The number of benzene rings is 1. The van der Waals surface area contributed by atoms with Gasteiger partial charge in [-0.15, -0.1) is 0 Å². The molecule has 1 atom stereocenters. The van der Waals surface area contributed by atoms with Crippen LogP contribution in [0.3, 0.4) is 0 Å². The molecule has 1 unspecified atom stereocenters. The molecule has 19 heavy (non-hydrogen) atoms. The van der Waals surface area contributed by atoms with E-state index in [0.29, 0.717) is 12.5 Å². The molecule has 1 N–H and O–H groups in total. The van der Waals surface area contributed by atoms with Crippen LogP contribution in [0.15, 0.2) is 36.7 Å². The van der Waals surface area contributed by atoms with Crippen molar-refractivity contribution < 1.29 is 14.2 Å². The third-order valence-corrected chi connectivity index (χ3v) is 2.83. The van der Waals surface area contributed by atoms with Crippen molar-refractivity contribution in [3.05, 3.63) is 53.7 Å². The molecule has 0 radical (unpaired) electrons. The van der Waals surface area contributed by atoms with Gasteiger partial charge >= 0.3 is 0 Å². The van der Waals surface area contributed by atoms with E-state index in [1.165, 1.54) is 31.5 Å². The molecule has 0 aliphatic heterocycles. The number of aromatic nitrogens is 2. The van der Waals surface area contributed by atoms with Crippen LogP contribution in [0, 0.1) is 5.82 Å². The van der Waals surface area contributed by atoms with E-state index in [0.717, 1.165) is 0 Å². The molecule has 100 valence electrons. The van der Waals surface area contributed by atoms with E-state index in [2.05, 4.69) is 9.97 Å². The number of rotatable bonds is 4. The number of halogens is 1. The molecule has 2 rings (SSSR count). The van der Waals surface area contributed by atoms with Crippen molar-refractivity contribution in [3.63, 3.8) is 0 Å². The lowest BCUT2D eigenvalue weighted by Crippen LogP contribution is -2.25. The summed E-state index contributed by atoms with van der Waals surface area (Å²) in [5, 5.41) is 10.5. The number of ether oxygens (including phenoxy) is 1. The van der Waals surface area contributed by atoms with Gasteiger partial charge < -0.3 is 9.84 Å². The maximum Gasteiger partial charge on any atom is 0.216 e. The first-order chi connectivity index (χ1) is 9.05. The Morgan fingerprint density at radius 3 is 2.74 bits per heavy atom. The molecule has 1 aromatic carbocycles. The van der Waals surface area contributed by atoms with E-state index < -0.39 is 11.4 Å². The highest BCUT2D eigenvalue weighted by Gasteiger charge is 2.30. The Morgan fingerprint density at radius 2 is 2.05 bits per heavy atom. The van der Waals surface area contributed by atoms with Crippen molar-refractivity contribution in [1.82, 2.24) is 9.97 Å². The van der Waals surface area contributed by atoms with Crippen LogP contribution >= 0.6 is 0 Å². The van der Waals surface area contributed by atoms with E-state index in [4.69, 9.17) is 4.74 Å². The van der Waals surface area contributed by atoms with Gasteiger partial charge in [-0.05, 0) is 19.9 Å². The molecular formula is C14H15FN2O2.